The molecule has 132 valence electrons. The molecule has 0 bridgehead atoms. The number of quaternary nitrogens is 1. The van der Waals surface area contributed by atoms with Crippen molar-refractivity contribution in [1.82, 2.24) is 4.98 Å². The summed E-state index contributed by atoms with van der Waals surface area (Å²) in [6.45, 7) is 11.7. The van der Waals surface area contributed by atoms with Crippen LogP contribution >= 0.6 is 0 Å². The van der Waals surface area contributed by atoms with Gasteiger partial charge in [-0.05, 0) is 50.8 Å². The van der Waals surface area contributed by atoms with E-state index in [2.05, 4.69) is 44.0 Å². The molecule has 0 aliphatic heterocycles. The predicted molar refractivity (Wildman–Crippen MR) is 103 cm³/mol. The minimum absolute atomic E-state index is 0.224. The summed E-state index contributed by atoms with van der Waals surface area (Å²) in [7, 11) is 0. The average molecular weight is 330 g/mol. The average Bonchev–Trinajstić information content (AvgIpc) is 2.59. The lowest BCUT2D eigenvalue weighted by molar-refractivity contribution is -0.912. The first-order chi connectivity index (χ1) is 11.6. The van der Waals surface area contributed by atoms with Gasteiger partial charge in [0.05, 0.1) is 18.7 Å². The van der Waals surface area contributed by atoms with Crippen molar-refractivity contribution in [3.63, 3.8) is 0 Å². The Kier molecular flexibility index (Phi) is 7.04. The summed E-state index contributed by atoms with van der Waals surface area (Å²) in [5.41, 5.74) is 4.45. The zero-order valence-electron chi connectivity index (χ0n) is 15.8. The van der Waals surface area contributed by atoms with Gasteiger partial charge in [0.2, 0.25) is 0 Å². The van der Waals surface area contributed by atoms with Crippen LogP contribution in [0, 0.1) is 6.92 Å². The third-order valence-electron chi connectivity index (χ3n) is 5.01. The maximum absolute atomic E-state index is 13.1. The van der Waals surface area contributed by atoms with E-state index in [4.69, 9.17) is 0 Å². The van der Waals surface area contributed by atoms with Gasteiger partial charge >= 0.3 is 0 Å². The van der Waals surface area contributed by atoms with Crippen molar-refractivity contribution in [3.8, 4) is 0 Å². The number of benzene rings is 1. The first kappa shape index (κ1) is 18.7. The molecule has 0 amide bonds. The number of nitrogens with one attached hydrogen (secondary N) is 2. The molecule has 1 unspecified atom stereocenters. The molecule has 2 aromatic rings. The third-order valence-corrected chi connectivity index (χ3v) is 5.01. The van der Waals surface area contributed by atoms with Crippen LogP contribution in [0.3, 0.4) is 0 Å². The first-order valence-corrected chi connectivity index (χ1v) is 9.58. The summed E-state index contributed by atoms with van der Waals surface area (Å²) < 4.78 is 0. The molecule has 2 rings (SSSR count). The van der Waals surface area contributed by atoms with Gasteiger partial charge in [-0.15, -0.1) is 0 Å². The molecule has 0 spiro atoms. The number of unbranched alkanes of at least 4 members (excludes halogenated alkanes) is 2. The summed E-state index contributed by atoms with van der Waals surface area (Å²) in [5.74, 6) is 0. The minimum atomic E-state index is 0.224. The van der Waals surface area contributed by atoms with E-state index in [9.17, 15) is 4.79 Å². The Balaban J connectivity index is 2.37. The van der Waals surface area contributed by atoms with Crippen LogP contribution in [0.2, 0.25) is 0 Å². The monoisotopic (exact) mass is 329 g/mol. The standard InChI is InChI=1S/C21H32N2O/c1-5-8-10-17-11-12-20-18(14-17)21(24)19(16(4)22-20)15-23(7-3)13-9-6-2/h11-12,14H,5-10,13,15H2,1-4H3,(H,22,24)/p+1. The van der Waals surface area contributed by atoms with Gasteiger partial charge in [-0.25, -0.2) is 0 Å². The van der Waals surface area contributed by atoms with Crippen LogP contribution in [0.1, 0.15) is 63.3 Å². The molecular formula is C21H33N2O+. The molecule has 0 fully saturated rings. The largest absolute Gasteiger partial charge is 0.358 e. The summed E-state index contributed by atoms with van der Waals surface area (Å²) >= 11 is 0. The Morgan fingerprint density at radius 3 is 2.50 bits per heavy atom. The Morgan fingerprint density at radius 2 is 1.83 bits per heavy atom. The number of hydrogen-bond acceptors (Lipinski definition) is 1. The van der Waals surface area contributed by atoms with E-state index in [1.165, 1.54) is 36.1 Å². The normalized spacial score (nSPS) is 12.7. The van der Waals surface area contributed by atoms with Crippen LogP contribution < -0.4 is 10.3 Å². The maximum atomic E-state index is 13.1. The number of aromatic amines is 1. The third kappa shape index (κ3) is 4.47. The molecule has 0 aliphatic rings. The lowest BCUT2D eigenvalue weighted by Gasteiger charge is -2.18. The van der Waals surface area contributed by atoms with E-state index in [1.54, 1.807) is 0 Å². The topological polar surface area (TPSA) is 37.3 Å². The van der Waals surface area contributed by atoms with Crippen molar-refractivity contribution in [2.24, 2.45) is 0 Å². The molecule has 1 atom stereocenters. The van der Waals surface area contributed by atoms with Crippen LogP contribution in [0.4, 0.5) is 0 Å². The fraction of sp³-hybridized carbons (Fsp3) is 0.571. The number of H-pyrrole nitrogens is 1. The van der Waals surface area contributed by atoms with Crippen LogP contribution in [0.25, 0.3) is 10.9 Å². The zero-order chi connectivity index (χ0) is 17.5. The van der Waals surface area contributed by atoms with E-state index in [0.717, 1.165) is 48.2 Å². The molecule has 2 N–H and O–H groups in total. The maximum Gasteiger partial charge on any atom is 0.198 e. The number of aromatic nitrogens is 1. The Labute approximate surface area is 146 Å². The van der Waals surface area contributed by atoms with Crippen LogP contribution in [-0.2, 0) is 13.0 Å². The molecule has 1 aromatic heterocycles. The van der Waals surface area contributed by atoms with Crippen molar-refractivity contribution in [2.75, 3.05) is 13.1 Å². The first-order valence-electron chi connectivity index (χ1n) is 9.58. The number of fused-ring (bicyclic) bond motifs is 1. The van der Waals surface area contributed by atoms with Crippen molar-refractivity contribution in [3.05, 3.63) is 45.2 Å². The molecule has 0 aliphatic carbocycles. The molecule has 3 nitrogen and oxygen atoms in total. The van der Waals surface area contributed by atoms with Crippen LogP contribution in [-0.4, -0.2) is 18.1 Å². The lowest BCUT2D eigenvalue weighted by Crippen LogP contribution is -3.10. The molecule has 1 heterocycles. The SMILES string of the molecule is CCCCc1ccc2[nH]c(C)c(C[NH+](CC)CCCC)c(=O)c2c1. The van der Waals surface area contributed by atoms with E-state index in [0.29, 0.717) is 0 Å². The van der Waals surface area contributed by atoms with Gasteiger partial charge in [-0.2, -0.15) is 0 Å². The summed E-state index contributed by atoms with van der Waals surface area (Å²) in [6.07, 6.45) is 5.83. The van der Waals surface area contributed by atoms with E-state index in [-0.39, 0.29) is 5.43 Å². The predicted octanol–water partition coefficient (Wildman–Crippen LogP) is 3.38. The number of aryl methyl sites for hydroxylation is 2. The molecule has 3 heteroatoms. The van der Waals surface area contributed by atoms with Crippen molar-refractivity contribution in [1.29, 1.82) is 0 Å². The second-order valence-electron chi connectivity index (χ2n) is 6.93. The number of rotatable bonds is 9. The number of hydrogen-bond donors (Lipinski definition) is 2. The molecule has 0 radical (unpaired) electrons. The van der Waals surface area contributed by atoms with Crippen molar-refractivity contribution < 1.29 is 4.90 Å². The molecule has 24 heavy (non-hydrogen) atoms. The molecule has 1 aromatic carbocycles. The van der Waals surface area contributed by atoms with E-state index in [1.807, 2.05) is 6.92 Å². The fourth-order valence-electron chi connectivity index (χ4n) is 3.31. The van der Waals surface area contributed by atoms with Gasteiger partial charge in [-0.1, -0.05) is 32.8 Å². The van der Waals surface area contributed by atoms with Gasteiger partial charge in [0.25, 0.3) is 0 Å². The summed E-state index contributed by atoms with van der Waals surface area (Å²) in [6, 6.07) is 6.32. The highest BCUT2D eigenvalue weighted by Crippen LogP contribution is 2.15. The highest BCUT2D eigenvalue weighted by atomic mass is 16.1. The smallest absolute Gasteiger partial charge is 0.198 e. The Hall–Kier alpha value is -1.61. The molecule has 0 saturated carbocycles. The highest BCUT2D eigenvalue weighted by molar-refractivity contribution is 5.80. The Bertz CT molecular complexity index is 718. The molecular weight excluding hydrogens is 296 g/mol. The van der Waals surface area contributed by atoms with Crippen LogP contribution in [0.15, 0.2) is 23.0 Å². The molecule has 0 saturated heterocycles. The van der Waals surface area contributed by atoms with Crippen LogP contribution in [0.5, 0.6) is 0 Å². The van der Waals surface area contributed by atoms with Crippen molar-refractivity contribution >= 4 is 10.9 Å². The van der Waals surface area contributed by atoms with Gasteiger partial charge in [-0.3, -0.25) is 4.79 Å². The fourth-order valence-corrected chi connectivity index (χ4v) is 3.31. The van der Waals surface area contributed by atoms with Gasteiger partial charge in [0.15, 0.2) is 5.43 Å². The quantitative estimate of drug-likeness (QED) is 0.727. The zero-order valence-corrected chi connectivity index (χ0v) is 15.8. The summed E-state index contributed by atoms with van der Waals surface area (Å²) in [5, 5.41) is 0.857. The van der Waals surface area contributed by atoms with Gasteiger partial charge in [0, 0.05) is 16.6 Å². The second-order valence-corrected chi connectivity index (χ2v) is 6.93. The van der Waals surface area contributed by atoms with Gasteiger partial charge in [0.1, 0.15) is 6.54 Å². The summed E-state index contributed by atoms with van der Waals surface area (Å²) in [4.78, 5) is 18.0. The lowest BCUT2D eigenvalue weighted by atomic mass is 10.0. The minimum Gasteiger partial charge on any atom is -0.358 e. The van der Waals surface area contributed by atoms with Gasteiger partial charge < -0.3 is 9.88 Å². The second kappa shape index (κ2) is 9.03. The van der Waals surface area contributed by atoms with Crippen molar-refractivity contribution in [2.45, 2.75) is 66.3 Å². The van der Waals surface area contributed by atoms with E-state index >= 15 is 0 Å². The number of pyridine rings is 1. The van der Waals surface area contributed by atoms with E-state index < -0.39 is 0 Å². The highest BCUT2D eigenvalue weighted by Gasteiger charge is 2.15. The Morgan fingerprint density at radius 1 is 1.08 bits per heavy atom.